The van der Waals surface area contributed by atoms with Gasteiger partial charge in [0.05, 0.1) is 12.1 Å². The fourth-order valence-electron chi connectivity index (χ4n) is 3.10. The minimum atomic E-state index is -0.188. The van der Waals surface area contributed by atoms with Crippen LogP contribution < -0.4 is 10.2 Å². The molecular weight excluding hydrogens is 298 g/mol. The first-order valence-corrected chi connectivity index (χ1v) is 8.37. The standard InChI is InChI=1S/C20H21N3O/c21-12-14-23(20(24)19-11-4-5-13-22-19)18-10-6-9-17(15-18)16-7-2-1-3-8-16/h1-3,6-10,15,19,22H,4-5,11,13-14H2/t19-/m1/s1. The van der Waals surface area contributed by atoms with Crippen molar-refractivity contribution in [2.24, 2.45) is 0 Å². The highest BCUT2D eigenvalue weighted by atomic mass is 16.2. The molecule has 1 aliphatic rings. The summed E-state index contributed by atoms with van der Waals surface area (Å²) in [6, 6.07) is 19.8. The predicted octanol–water partition coefficient (Wildman–Crippen LogP) is 3.35. The molecule has 24 heavy (non-hydrogen) atoms. The number of carbonyl (C=O) groups is 1. The second-order valence-electron chi connectivity index (χ2n) is 6.00. The molecule has 2 aromatic carbocycles. The molecule has 1 fully saturated rings. The van der Waals surface area contributed by atoms with Gasteiger partial charge in [-0.15, -0.1) is 0 Å². The number of piperidine rings is 1. The Hall–Kier alpha value is -2.64. The molecule has 122 valence electrons. The summed E-state index contributed by atoms with van der Waals surface area (Å²) in [5.74, 6) is -0.0125. The molecule has 0 radical (unpaired) electrons. The van der Waals surface area contributed by atoms with E-state index in [0.29, 0.717) is 0 Å². The summed E-state index contributed by atoms with van der Waals surface area (Å²) < 4.78 is 0. The van der Waals surface area contributed by atoms with Gasteiger partial charge in [-0.25, -0.2) is 0 Å². The average Bonchev–Trinajstić information content (AvgIpc) is 2.67. The molecule has 1 heterocycles. The van der Waals surface area contributed by atoms with E-state index in [1.165, 1.54) is 0 Å². The Morgan fingerprint density at radius 2 is 1.92 bits per heavy atom. The van der Waals surface area contributed by atoms with Crippen molar-refractivity contribution in [3.8, 4) is 17.2 Å². The summed E-state index contributed by atoms with van der Waals surface area (Å²) in [5, 5.41) is 12.4. The zero-order chi connectivity index (χ0) is 16.8. The van der Waals surface area contributed by atoms with Gasteiger partial charge in [-0.05, 0) is 42.6 Å². The van der Waals surface area contributed by atoms with Crippen molar-refractivity contribution < 1.29 is 4.79 Å². The van der Waals surface area contributed by atoms with E-state index in [-0.39, 0.29) is 18.5 Å². The summed E-state index contributed by atoms with van der Waals surface area (Å²) >= 11 is 0. The van der Waals surface area contributed by atoms with Crippen LogP contribution in [-0.2, 0) is 4.79 Å². The quantitative estimate of drug-likeness (QED) is 0.879. The molecule has 0 aromatic heterocycles. The van der Waals surface area contributed by atoms with Crippen LogP contribution in [0.25, 0.3) is 11.1 Å². The number of nitrogens with one attached hydrogen (secondary N) is 1. The Balaban J connectivity index is 1.88. The fourth-order valence-corrected chi connectivity index (χ4v) is 3.10. The first-order chi connectivity index (χ1) is 11.8. The van der Waals surface area contributed by atoms with Gasteiger partial charge in [-0.3, -0.25) is 9.69 Å². The Kier molecular flexibility index (Phi) is 5.25. The molecule has 0 spiro atoms. The Morgan fingerprint density at radius 1 is 1.12 bits per heavy atom. The molecule has 1 aliphatic heterocycles. The van der Waals surface area contributed by atoms with Crippen LogP contribution in [0.3, 0.4) is 0 Å². The van der Waals surface area contributed by atoms with Crippen LogP contribution in [0.4, 0.5) is 5.69 Å². The van der Waals surface area contributed by atoms with Crippen molar-refractivity contribution in [2.75, 3.05) is 18.0 Å². The lowest BCUT2D eigenvalue weighted by Gasteiger charge is -2.29. The van der Waals surface area contributed by atoms with E-state index < -0.39 is 0 Å². The predicted molar refractivity (Wildman–Crippen MR) is 95.5 cm³/mol. The first-order valence-electron chi connectivity index (χ1n) is 8.37. The van der Waals surface area contributed by atoms with Gasteiger partial charge in [0.25, 0.3) is 0 Å². The van der Waals surface area contributed by atoms with E-state index in [9.17, 15) is 4.79 Å². The van der Waals surface area contributed by atoms with E-state index in [2.05, 4.69) is 11.4 Å². The number of carbonyl (C=O) groups excluding carboxylic acids is 1. The molecule has 0 unspecified atom stereocenters. The largest absolute Gasteiger partial charge is 0.306 e. The molecular formula is C20H21N3O. The van der Waals surface area contributed by atoms with Crippen molar-refractivity contribution in [3.05, 3.63) is 54.6 Å². The van der Waals surface area contributed by atoms with Gasteiger partial charge in [0.1, 0.15) is 6.54 Å². The molecule has 1 amide bonds. The van der Waals surface area contributed by atoms with Crippen LogP contribution in [0.15, 0.2) is 54.6 Å². The SMILES string of the molecule is N#CCN(C(=O)[C@H]1CCCCN1)c1cccc(-c2ccccc2)c1. The van der Waals surface area contributed by atoms with Gasteiger partial charge >= 0.3 is 0 Å². The normalized spacial score (nSPS) is 17.0. The van der Waals surface area contributed by atoms with Crippen LogP contribution in [0, 0.1) is 11.3 Å². The van der Waals surface area contributed by atoms with Crippen LogP contribution in [0.5, 0.6) is 0 Å². The topological polar surface area (TPSA) is 56.1 Å². The highest BCUT2D eigenvalue weighted by molar-refractivity contribution is 5.98. The number of nitrogens with zero attached hydrogens (tertiary/aromatic N) is 2. The fraction of sp³-hybridized carbons (Fsp3) is 0.300. The third-order valence-electron chi connectivity index (χ3n) is 4.37. The van der Waals surface area contributed by atoms with Crippen molar-refractivity contribution in [2.45, 2.75) is 25.3 Å². The highest BCUT2D eigenvalue weighted by Gasteiger charge is 2.26. The maximum Gasteiger partial charge on any atom is 0.245 e. The van der Waals surface area contributed by atoms with Gasteiger partial charge in [0.15, 0.2) is 0 Å². The smallest absolute Gasteiger partial charge is 0.245 e. The zero-order valence-corrected chi connectivity index (χ0v) is 13.6. The second-order valence-corrected chi connectivity index (χ2v) is 6.00. The van der Waals surface area contributed by atoms with Crippen LogP contribution >= 0.6 is 0 Å². The van der Waals surface area contributed by atoms with Crippen LogP contribution in [0.2, 0.25) is 0 Å². The minimum Gasteiger partial charge on any atom is -0.306 e. The molecule has 1 N–H and O–H groups in total. The molecule has 0 saturated carbocycles. The maximum absolute atomic E-state index is 12.8. The number of hydrogen-bond donors (Lipinski definition) is 1. The first kappa shape index (κ1) is 16.2. The Bertz CT molecular complexity index is 730. The van der Waals surface area contributed by atoms with Crippen molar-refractivity contribution in [1.82, 2.24) is 5.32 Å². The van der Waals surface area contributed by atoms with Gasteiger partial charge in [0.2, 0.25) is 5.91 Å². The Morgan fingerprint density at radius 3 is 2.62 bits per heavy atom. The summed E-state index contributed by atoms with van der Waals surface area (Å²) in [4.78, 5) is 14.4. The number of nitriles is 1. The van der Waals surface area contributed by atoms with Gasteiger partial charge < -0.3 is 5.32 Å². The van der Waals surface area contributed by atoms with E-state index in [4.69, 9.17) is 5.26 Å². The number of anilines is 1. The summed E-state index contributed by atoms with van der Waals surface area (Å²) in [6.07, 6.45) is 2.98. The van der Waals surface area contributed by atoms with Crippen molar-refractivity contribution >= 4 is 11.6 Å². The average molecular weight is 319 g/mol. The lowest BCUT2D eigenvalue weighted by molar-refractivity contribution is -0.121. The lowest BCUT2D eigenvalue weighted by Crippen LogP contribution is -2.49. The molecule has 3 rings (SSSR count). The molecule has 1 saturated heterocycles. The third kappa shape index (κ3) is 3.64. The summed E-state index contributed by atoms with van der Waals surface area (Å²) in [5.41, 5.74) is 2.91. The number of rotatable bonds is 4. The third-order valence-corrected chi connectivity index (χ3v) is 4.37. The van der Waals surface area contributed by atoms with Gasteiger partial charge in [0, 0.05) is 5.69 Å². The molecule has 2 aromatic rings. The molecule has 4 heteroatoms. The lowest BCUT2D eigenvalue weighted by atomic mass is 10.0. The number of hydrogen-bond acceptors (Lipinski definition) is 3. The molecule has 0 aliphatic carbocycles. The van der Waals surface area contributed by atoms with E-state index >= 15 is 0 Å². The van der Waals surface area contributed by atoms with Crippen molar-refractivity contribution in [1.29, 1.82) is 5.26 Å². The van der Waals surface area contributed by atoms with Crippen molar-refractivity contribution in [3.63, 3.8) is 0 Å². The van der Waals surface area contributed by atoms with Gasteiger partial charge in [-0.2, -0.15) is 5.26 Å². The summed E-state index contributed by atoms with van der Waals surface area (Å²) in [6.45, 7) is 0.927. The Labute approximate surface area is 142 Å². The summed E-state index contributed by atoms with van der Waals surface area (Å²) in [7, 11) is 0. The maximum atomic E-state index is 12.8. The van der Waals surface area contributed by atoms with E-state index in [0.717, 1.165) is 42.6 Å². The molecule has 0 bridgehead atoms. The van der Waals surface area contributed by atoms with E-state index in [1.807, 2.05) is 54.6 Å². The number of amides is 1. The molecule has 1 atom stereocenters. The highest BCUT2D eigenvalue weighted by Crippen LogP contribution is 2.25. The number of benzene rings is 2. The zero-order valence-electron chi connectivity index (χ0n) is 13.6. The van der Waals surface area contributed by atoms with E-state index in [1.54, 1.807) is 4.90 Å². The van der Waals surface area contributed by atoms with Crippen LogP contribution in [0.1, 0.15) is 19.3 Å². The monoisotopic (exact) mass is 319 g/mol. The van der Waals surface area contributed by atoms with Crippen LogP contribution in [-0.4, -0.2) is 25.0 Å². The van der Waals surface area contributed by atoms with Gasteiger partial charge in [-0.1, -0.05) is 48.9 Å². The second kappa shape index (κ2) is 7.76. The minimum absolute atomic E-state index is 0.0125. The molecule has 4 nitrogen and oxygen atoms in total.